The minimum atomic E-state index is -0.457. The number of nitrogens with zero attached hydrogens (tertiary/aromatic N) is 1. The van der Waals surface area contributed by atoms with Gasteiger partial charge in [-0.25, -0.2) is 5.43 Å². The molecule has 0 bridgehead atoms. The molecule has 3 rings (SSSR count). The highest BCUT2D eigenvalue weighted by atomic mass is 79.9. The topological polar surface area (TPSA) is 92.9 Å². The molecule has 3 aromatic rings. The van der Waals surface area contributed by atoms with Crippen LogP contribution in [0.1, 0.15) is 24.2 Å². The Morgan fingerprint density at radius 3 is 2.71 bits per heavy atom. The number of amides is 2. The van der Waals surface area contributed by atoms with Crippen molar-refractivity contribution in [3.8, 4) is 17.1 Å². The third kappa shape index (κ3) is 7.90. The Kier molecular flexibility index (Phi) is 9.56. The minimum Gasteiger partial charge on any atom is -0.492 e. The number of rotatable bonds is 10. The van der Waals surface area contributed by atoms with Gasteiger partial charge in [-0.15, -0.1) is 0 Å². The average Bonchev–Trinajstić information content (AvgIpc) is 3.25. The summed E-state index contributed by atoms with van der Waals surface area (Å²) in [7, 11) is 0. The highest BCUT2D eigenvalue weighted by molar-refractivity contribution is 9.10. The molecule has 0 radical (unpaired) electrons. The number of furan rings is 1. The molecule has 10 heteroatoms. The van der Waals surface area contributed by atoms with Crippen molar-refractivity contribution < 1.29 is 18.7 Å². The lowest BCUT2D eigenvalue weighted by molar-refractivity contribution is -0.126. The molecule has 2 N–H and O–H groups in total. The van der Waals surface area contributed by atoms with E-state index in [0.717, 1.165) is 15.6 Å². The summed E-state index contributed by atoms with van der Waals surface area (Å²) in [5.41, 5.74) is 4.40. The van der Waals surface area contributed by atoms with E-state index in [0.29, 0.717) is 40.3 Å². The highest BCUT2D eigenvalue weighted by Gasteiger charge is 2.09. The molecule has 2 aromatic carbocycles. The van der Waals surface area contributed by atoms with E-state index in [2.05, 4.69) is 31.8 Å². The fourth-order valence-corrected chi connectivity index (χ4v) is 4.02. The van der Waals surface area contributed by atoms with E-state index in [9.17, 15) is 9.59 Å². The van der Waals surface area contributed by atoms with Crippen molar-refractivity contribution in [3.05, 3.63) is 74.4 Å². The summed E-state index contributed by atoms with van der Waals surface area (Å²) in [6, 6.07) is 14.4. The summed E-state index contributed by atoms with van der Waals surface area (Å²) in [5.74, 6) is 0.923. The number of carbonyl (C=O) groups is 2. The molecule has 0 aliphatic carbocycles. The van der Waals surface area contributed by atoms with Crippen LogP contribution in [0.2, 0.25) is 10.0 Å². The van der Waals surface area contributed by atoms with Crippen molar-refractivity contribution in [1.29, 1.82) is 0 Å². The highest BCUT2D eigenvalue weighted by Crippen LogP contribution is 2.30. The summed E-state index contributed by atoms with van der Waals surface area (Å²) in [6.45, 7) is 2.11. The second-order valence-corrected chi connectivity index (χ2v) is 8.98. The van der Waals surface area contributed by atoms with Crippen LogP contribution in [0, 0.1) is 6.92 Å². The van der Waals surface area contributed by atoms with Gasteiger partial charge in [-0.1, -0.05) is 45.2 Å². The van der Waals surface area contributed by atoms with E-state index >= 15 is 0 Å². The molecule has 0 spiro atoms. The van der Waals surface area contributed by atoms with Gasteiger partial charge < -0.3 is 14.5 Å². The largest absolute Gasteiger partial charge is 0.492 e. The van der Waals surface area contributed by atoms with Crippen LogP contribution in [0.25, 0.3) is 11.3 Å². The SMILES string of the molecule is Cc1ccc(-c2ccc(/C=N\NC(=O)CNC(=O)CCCOc3ccc(Cl)cc3Cl)o2)c(Br)c1. The van der Waals surface area contributed by atoms with Crippen molar-refractivity contribution in [2.45, 2.75) is 19.8 Å². The zero-order valence-electron chi connectivity index (χ0n) is 18.2. The lowest BCUT2D eigenvalue weighted by Crippen LogP contribution is -2.34. The zero-order valence-corrected chi connectivity index (χ0v) is 21.3. The molecule has 7 nitrogen and oxygen atoms in total. The molecule has 0 saturated heterocycles. The third-order valence-electron chi connectivity index (χ3n) is 4.54. The van der Waals surface area contributed by atoms with Crippen LogP contribution in [0.5, 0.6) is 5.75 Å². The molecule has 0 unspecified atom stereocenters. The second kappa shape index (κ2) is 12.6. The summed E-state index contributed by atoms with van der Waals surface area (Å²) in [5, 5.41) is 7.32. The van der Waals surface area contributed by atoms with Gasteiger partial charge in [-0.3, -0.25) is 9.59 Å². The maximum Gasteiger partial charge on any atom is 0.259 e. The molecule has 1 aromatic heterocycles. The first-order valence-electron chi connectivity index (χ1n) is 10.3. The summed E-state index contributed by atoms with van der Waals surface area (Å²) in [6.07, 6.45) is 2.05. The molecule has 0 atom stereocenters. The maximum atomic E-state index is 11.9. The lowest BCUT2D eigenvalue weighted by atomic mass is 10.1. The molecule has 2 amide bonds. The number of nitrogens with one attached hydrogen (secondary N) is 2. The number of benzene rings is 2. The predicted molar refractivity (Wildman–Crippen MR) is 137 cm³/mol. The Labute approximate surface area is 215 Å². The normalized spacial score (nSPS) is 10.9. The number of hydrazone groups is 1. The fraction of sp³-hybridized carbons (Fsp3) is 0.208. The Balaban J connectivity index is 1.35. The predicted octanol–water partition coefficient (Wildman–Crippen LogP) is 5.75. The van der Waals surface area contributed by atoms with E-state index < -0.39 is 5.91 Å². The van der Waals surface area contributed by atoms with Crippen LogP contribution in [-0.2, 0) is 9.59 Å². The first kappa shape index (κ1) is 25.8. The van der Waals surface area contributed by atoms with Gasteiger partial charge in [-0.05, 0) is 61.4 Å². The van der Waals surface area contributed by atoms with Crippen molar-refractivity contribution in [2.24, 2.45) is 5.10 Å². The van der Waals surface area contributed by atoms with Crippen LogP contribution in [0.15, 0.2) is 62.5 Å². The number of hydrogen-bond donors (Lipinski definition) is 2. The van der Waals surface area contributed by atoms with Gasteiger partial charge in [0.2, 0.25) is 5.91 Å². The first-order valence-corrected chi connectivity index (χ1v) is 11.9. The minimum absolute atomic E-state index is 0.195. The van der Waals surface area contributed by atoms with Gasteiger partial charge in [0, 0.05) is 21.5 Å². The maximum absolute atomic E-state index is 11.9. The summed E-state index contributed by atoms with van der Waals surface area (Å²) < 4.78 is 12.2. The lowest BCUT2D eigenvalue weighted by Gasteiger charge is -2.08. The fourth-order valence-electron chi connectivity index (χ4n) is 2.87. The molecule has 178 valence electrons. The van der Waals surface area contributed by atoms with Crippen molar-refractivity contribution in [1.82, 2.24) is 10.7 Å². The quantitative estimate of drug-likeness (QED) is 0.186. The average molecular weight is 567 g/mol. The van der Waals surface area contributed by atoms with Crippen LogP contribution in [-0.4, -0.2) is 31.2 Å². The number of halogens is 3. The third-order valence-corrected chi connectivity index (χ3v) is 5.73. The number of hydrogen-bond acceptors (Lipinski definition) is 5. The molecule has 0 aliphatic heterocycles. The van der Waals surface area contributed by atoms with Crippen molar-refractivity contribution in [3.63, 3.8) is 0 Å². The molecular weight excluding hydrogens is 545 g/mol. The molecule has 34 heavy (non-hydrogen) atoms. The number of ether oxygens (including phenoxy) is 1. The van der Waals surface area contributed by atoms with Crippen LogP contribution in [0.4, 0.5) is 0 Å². The van der Waals surface area contributed by atoms with E-state index in [-0.39, 0.29) is 18.9 Å². The Morgan fingerprint density at radius 1 is 1.12 bits per heavy atom. The standard InChI is InChI=1S/C24H22BrCl2N3O4/c1-15-4-7-18(19(25)11-15)21-9-6-17(34-21)13-29-30-24(32)14-28-23(31)3-2-10-33-22-8-5-16(26)12-20(22)27/h4-9,11-13H,2-3,10,14H2,1H3,(H,28,31)(H,30,32)/b29-13-. The van der Waals surface area contributed by atoms with Gasteiger partial charge in [0.05, 0.1) is 24.4 Å². The van der Waals surface area contributed by atoms with E-state index in [1.54, 1.807) is 24.3 Å². The Morgan fingerprint density at radius 2 is 1.94 bits per heavy atom. The molecule has 1 heterocycles. The van der Waals surface area contributed by atoms with Gasteiger partial charge in [0.1, 0.15) is 17.3 Å². The summed E-state index contributed by atoms with van der Waals surface area (Å²) in [4.78, 5) is 23.8. The van der Waals surface area contributed by atoms with Gasteiger partial charge >= 0.3 is 0 Å². The van der Waals surface area contributed by atoms with E-state index in [1.807, 2.05) is 31.2 Å². The molecule has 0 aliphatic rings. The second-order valence-electron chi connectivity index (χ2n) is 7.28. The van der Waals surface area contributed by atoms with Gasteiger partial charge in [0.25, 0.3) is 5.91 Å². The molecule has 0 fully saturated rings. The van der Waals surface area contributed by atoms with Crippen LogP contribution >= 0.6 is 39.1 Å². The Bertz CT molecular complexity index is 1200. The van der Waals surface area contributed by atoms with Crippen molar-refractivity contribution >= 4 is 57.2 Å². The number of carbonyl (C=O) groups excluding carboxylic acids is 2. The zero-order chi connectivity index (χ0) is 24.5. The van der Waals surface area contributed by atoms with E-state index in [1.165, 1.54) is 6.21 Å². The van der Waals surface area contributed by atoms with Gasteiger partial charge in [0.15, 0.2) is 0 Å². The van der Waals surface area contributed by atoms with Gasteiger partial charge in [-0.2, -0.15) is 5.10 Å². The van der Waals surface area contributed by atoms with Crippen molar-refractivity contribution in [2.75, 3.05) is 13.2 Å². The number of aryl methyl sites for hydroxylation is 1. The molecular formula is C24H22BrCl2N3O4. The Hall–Kier alpha value is -2.81. The van der Waals surface area contributed by atoms with E-state index in [4.69, 9.17) is 32.4 Å². The smallest absolute Gasteiger partial charge is 0.259 e. The van der Waals surface area contributed by atoms with Crippen LogP contribution < -0.4 is 15.5 Å². The monoisotopic (exact) mass is 565 g/mol. The summed E-state index contributed by atoms with van der Waals surface area (Å²) >= 11 is 15.4. The first-order chi connectivity index (χ1) is 16.3. The molecule has 0 saturated carbocycles. The van der Waals surface area contributed by atoms with Crippen LogP contribution in [0.3, 0.4) is 0 Å².